The molecule has 1 heterocycles. The molecule has 0 aliphatic heterocycles. The molecule has 1 aliphatic carbocycles. The Morgan fingerprint density at radius 1 is 1.29 bits per heavy atom. The highest BCUT2D eigenvalue weighted by Gasteiger charge is 2.22. The molecule has 1 unspecified atom stereocenters. The zero-order valence-electron chi connectivity index (χ0n) is 10.9. The monoisotopic (exact) mass is 228 g/mol. The standard InChI is InChI=1S/C15H20N2/c1-9-6-10(2)15-12-8-11(16-3)4-5-13(12)17-14(15)7-9/h6-7,11,16-17H,4-5,8H2,1-3H3. The maximum absolute atomic E-state index is 3.61. The van der Waals surface area contributed by atoms with Crippen LogP contribution >= 0.6 is 0 Å². The average Bonchev–Trinajstić information content (AvgIpc) is 2.65. The van der Waals surface area contributed by atoms with Crippen molar-refractivity contribution in [2.75, 3.05) is 7.05 Å². The summed E-state index contributed by atoms with van der Waals surface area (Å²) in [5.74, 6) is 0. The van der Waals surface area contributed by atoms with Gasteiger partial charge in [0.25, 0.3) is 0 Å². The second-order valence-electron chi connectivity index (χ2n) is 5.31. The lowest BCUT2D eigenvalue weighted by Crippen LogP contribution is -2.31. The van der Waals surface area contributed by atoms with Gasteiger partial charge in [-0.25, -0.2) is 0 Å². The van der Waals surface area contributed by atoms with Gasteiger partial charge in [-0.3, -0.25) is 0 Å². The van der Waals surface area contributed by atoms with Crippen molar-refractivity contribution < 1.29 is 0 Å². The molecule has 0 saturated carbocycles. The number of fused-ring (bicyclic) bond motifs is 3. The van der Waals surface area contributed by atoms with Crippen molar-refractivity contribution in [3.63, 3.8) is 0 Å². The van der Waals surface area contributed by atoms with E-state index < -0.39 is 0 Å². The Balaban J connectivity index is 2.21. The van der Waals surface area contributed by atoms with E-state index in [1.165, 1.54) is 40.6 Å². The van der Waals surface area contributed by atoms with Gasteiger partial charge >= 0.3 is 0 Å². The minimum Gasteiger partial charge on any atom is -0.358 e. The Labute approximate surface area is 102 Å². The van der Waals surface area contributed by atoms with Gasteiger partial charge in [0.15, 0.2) is 0 Å². The molecule has 2 nitrogen and oxygen atoms in total. The molecule has 1 atom stereocenters. The van der Waals surface area contributed by atoms with Gasteiger partial charge in [-0.05, 0) is 62.9 Å². The summed E-state index contributed by atoms with van der Waals surface area (Å²) in [6.07, 6.45) is 3.58. The van der Waals surface area contributed by atoms with E-state index in [4.69, 9.17) is 0 Å². The molecule has 1 aromatic heterocycles. The van der Waals surface area contributed by atoms with Crippen molar-refractivity contribution >= 4 is 10.9 Å². The van der Waals surface area contributed by atoms with Crippen molar-refractivity contribution in [2.24, 2.45) is 0 Å². The van der Waals surface area contributed by atoms with Gasteiger partial charge in [0.05, 0.1) is 0 Å². The van der Waals surface area contributed by atoms with Crippen LogP contribution in [0.3, 0.4) is 0 Å². The largest absolute Gasteiger partial charge is 0.358 e. The Kier molecular flexibility index (Phi) is 2.48. The van der Waals surface area contributed by atoms with Gasteiger partial charge in [0.1, 0.15) is 0 Å². The first-order valence-corrected chi connectivity index (χ1v) is 6.47. The Morgan fingerprint density at radius 3 is 2.88 bits per heavy atom. The van der Waals surface area contributed by atoms with Gasteiger partial charge in [0, 0.05) is 22.6 Å². The van der Waals surface area contributed by atoms with Crippen LogP contribution in [0, 0.1) is 13.8 Å². The van der Waals surface area contributed by atoms with Crippen molar-refractivity contribution in [2.45, 2.75) is 39.2 Å². The fourth-order valence-corrected chi connectivity index (χ4v) is 3.21. The van der Waals surface area contributed by atoms with E-state index in [0.29, 0.717) is 6.04 Å². The van der Waals surface area contributed by atoms with Gasteiger partial charge < -0.3 is 10.3 Å². The smallest absolute Gasteiger partial charge is 0.0464 e. The van der Waals surface area contributed by atoms with Crippen LogP contribution < -0.4 is 5.32 Å². The molecule has 0 fully saturated rings. The van der Waals surface area contributed by atoms with Crippen LogP contribution in [0.15, 0.2) is 12.1 Å². The first-order valence-electron chi connectivity index (χ1n) is 6.47. The zero-order valence-corrected chi connectivity index (χ0v) is 10.9. The lowest BCUT2D eigenvalue weighted by atomic mass is 9.90. The van der Waals surface area contributed by atoms with Crippen molar-refractivity contribution in [3.8, 4) is 0 Å². The van der Waals surface area contributed by atoms with Crippen molar-refractivity contribution in [3.05, 3.63) is 34.5 Å². The number of H-pyrrole nitrogens is 1. The normalized spacial score (nSPS) is 19.6. The predicted octanol–water partition coefficient (Wildman–Crippen LogP) is 2.86. The zero-order chi connectivity index (χ0) is 12.0. The lowest BCUT2D eigenvalue weighted by Gasteiger charge is -2.22. The van der Waals surface area contributed by atoms with Crippen LogP contribution in [-0.2, 0) is 12.8 Å². The van der Waals surface area contributed by atoms with Gasteiger partial charge in [-0.1, -0.05) is 6.07 Å². The molecule has 0 amide bonds. The molecule has 2 heteroatoms. The van der Waals surface area contributed by atoms with Crippen LogP contribution in [0.25, 0.3) is 10.9 Å². The van der Waals surface area contributed by atoms with Crippen LogP contribution in [0.2, 0.25) is 0 Å². The predicted molar refractivity (Wildman–Crippen MR) is 72.6 cm³/mol. The van der Waals surface area contributed by atoms with E-state index >= 15 is 0 Å². The van der Waals surface area contributed by atoms with E-state index in [-0.39, 0.29) is 0 Å². The maximum atomic E-state index is 3.61. The number of nitrogens with one attached hydrogen (secondary N) is 2. The SMILES string of the molecule is CNC1CCc2[nH]c3cc(C)cc(C)c3c2C1. The van der Waals surface area contributed by atoms with E-state index in [9.17, 15) is 0 Å². The molecule has 1 aromatic carbocycles. The van der Waals surface area contributed by atoms with Crippen LogP contribution in [-0.4, -0.2) is 18.1 Å². The molecule has 17 heavy (non-hydrogen) atoms. The summed E-state index contributed by atoms with van der Waals surface area (Å²) < 4.78 is 0. The topological polar surface area (TPSA) is 27.8 Å². The minimum absolute atomic E-state index is 0.641. The molecular weight excluding hydrogens is 208 g/mol. The minimum atomic E-state index is 0.641. The highest BCUT2D eigenvalue weighted by molar-refractivity contribution is 5.88. The number of hydrogen-bond donors (Lipinski definition) is 2. The molecule has 90 valence electrons. The Bertz CT molecular complexity index is 566. The Hall–Kier alpha value is -1.28. The van der Waals surface area contributed by atoms with E-state index in [2.05, 4.69) is 43.3 Å². The molecule has 0 spiro atoms. The quantitative estimate of drug-likeness (QED) is 0.771. The number of aromatic amines is 1. The summed E-state index contributed by atoms with van der Waals surface area (Å²) in [6, 6.07) is 5.20. The summed E-state index contributed by atoms with van der Waals surface area (Å²) in [7, 11) is 2.07. The highest BCUT2D eigenvalue weighted by atomic mass is 14.9. The first kappa shape index (κ1) is 10.8. The fraction of sp³-hybridized carbons (Fsp3) is 0.467. The third-order valence-corrected chi connectivity index (χ3v) is 4.03. The molecule has 0 radical (unpaired) electrons. The number of likely N-dealkylation sites (N-methyl/N-ethyl adjacent to an activating group) is 1. The summed E-state index contributed by atoms with van der Waals surface area (Å²) in [5.41, 5.74) is 7.08. The number of aromatic nitrogens is 1. The second-order valence-corrected chi connectivity index (χ2v) is 5.31. The molecule has 0 bridgehead atoms. The first-order chi connectivity index (χ1) is 8.19. The summed E-state index contributed by atoms with van der Waals surface area (Å²) in [4.78, 5) is 3.61. The summed E-state index contributed by atoms with van der Waals surface area (Å²) in [5, 5.41) is 4.88. The third-order valence-electron chi connectivity index (χ3n) is 4.03. The van der Waals surface area contributed by atoms with Crippen molar-refractivity contribution in [1.29, 1.82) is 0 Å². The fourth-order valence-electron chi connectivity index (χ4n) is 3.21. The average molecular weight is 228 g/mol. The number of rotatable bonds is 1. The highest BCUT2D eigenvalue weighted by Crippen LogP contribution is 2.31. The maximum Gasteiger partial charge on any atom is 0.0464 e. The van der Waals surface area contributed by atoms with Crippen LogP contribution in [0.4, 0.5) is 0 Å². The van der Waals surface area contributed by atoms with Gasteiger partial charge in [-0.2, -0.15) is 0 Å². The molecule has 2 N–H and O–H groups in total. The summed E-state index contributed by atoms with van der Waals surface area (Å²) >= 11 is 0. The molecule has 3 rings (SSSR count). The molecular formula is C15H20N2. The number of benzene rings is 1. The second kappa shape index (κ2) is 3.88. The van der Waals surface area contributed by atoms with Gasteiger partial charge in [-0.15, -0.1) is 0 Å². The Morgan fingerprint density at radius 2 is 2.12 bits per heavy atom. The van der Waals surface area contributed by atoms with Gasteiger partial charge in [0.2, 0.25) is 0 Å². The number of hydrogen-bond acceptors (Lipinski definition) is 1. The van der Waals surface area contributed by atoms with Crippen LogP contribution in [0.5, 0.6) is 0 Å². The third kappa shape index (κ3) is 1.67. The van der Waals surface area contributed by atoms with Crippen molar-refractivity contribution in [1.82, 2.24) is 10.3 Å². The van der Waals surface area contributed by atoms with E-state index in [0.717, 1.165) is 6.42 Å². The van der Waals surface area contributed by atoms with Crippen LogP contribution in [0.1, 0.15) is 28.8 Å². The molecule has 1 aliphatic rings. The molecule has 2 aromatic rings. The molecule has 0 saturated heterocycles. The summed E-state index contributed by atoms with van der Waals surface area (Å²) in [6.45, 7) is 4.40. The lowest BCUT2D eigenvalue weighted by molar-refractivity contribution is 0.495. The van der Waals surface area contributed by atoms with E-state index in [1.54, 1.807) is 5.56 Å². The number of aryl methyl sites for hydroxylation is 3. The van der Waals surface area contributed by atoms with E-state index in [1.807, 2.05) is 0 Å².